The van der Waals surface area contributed by atoms with Crippen molar-refractivity contribution in [2.24, 2.45) is 0 Å². The smallest absolute Gasteiger partial charge is 0.329 e. The fourth-order valence-electron chi connectivity index (χ4n) is 2.78. The lowest BCUT2D eigenvalue weighted by atomic mass is 10.1. The summed E-state index contributed by atoms with van der Waals surface area (Å²) in [6.07, 6.45) is 0.269. The Bertz CT molecular complexity index is 1060. The van der Waals surface area contributed by atoms with Gasteiger partial charge in [-0.15, -0.1) is 0 Å². The van der Waals surface area contributed by atoms with Crippen LogP contribution in [-0.4, -0.2) is 43.3 Å². The molecule has 0 saturated carbocycles. The number of carbonyl (C=O) groups excluding carboxylic acids is 1. The van der Waals surface area contributed by atoms with Gasteiger partial charge in [-0.1, -0.05) is 18.2 Å². The molecule has 0 bridgehead atoms. The van der Waals surface area contributed by atoms with Gasteiger partial charge in [0.15, 0.2) is 0 Å². The number of H-pyrrole nitrogens is 1. The number of amides is 1. The zero-order valence-electron chi connectivity index (χ0n) is 14.2. The van der Waals surface area contributed by atoms with E-state index in [4.69, 9.17) is 0 Å². The summed E-state index contributed by atoms with van der Waals surface area (Å²) >= 11 is 0. The Morgan fingerprint density at radius 2 is 1.93 bits per heavy atom. The van der Waals surface area contributed by atoms with Crippen LogP contribution in [0, 0.1) is 0 Å². The maximum Gasteiger partial charge on any atom is 0.329 e. The highest BCUT2D eigenvalue weighted by atomic mass is 16.3. The van der Waals surface area contributed by atoms with Gasteiger partial charge in [0.1, 0.15) is 12.6 Å². The number of aliphatic hydroxyl groups is 2. The third kappa shape index (κ3) is 3.94. The van der Waals surface area contributed by atoms with E-state index in [0.717, 1.165) is 4.57 Å². The van der Waals surface area contributed by atoms with E-state index in [1.807, 2.05) is 0 Å². The number of fused-ring (bicyclic) bond motifs is 1. The van der Waals surface area contributed by atoms with Crippen molar-refractivity contribution in [1.82, 2.24) is 19.9 Å². The quantitative estimate of drug-likeness (QED) is 0.453. The van der Waals surface area contributed by atoms with Gasteiger partial charge in [0.05, 0.1) is 29.2 Å². The third-order valence-corrected chi connectivity index (χ3v) is 4.12. The molecule has 27 heavy (non-hydrogen) atoms. The van der Waals surface area contributed by atoms with Crippen molar-refractivity contribution in [3.63, 3.8) is 0 Å². The first kappa shape index (κ1) is 18.5. The first-order valence-corrected chi connectivity index (χ1v) is 8.22. The Labute approximate surface area is 152 Å². The summed E-state index contributed by atoms with van der Waals surface area (Å²) in [5, 5.41) is 22.6. The summed E-state index contributed by atoms with van der Waals surface area (Å²) in [6, 6.07) is 10.3. The van der Waals surface area contributed by atoms with E-state index in [2.05, 4.69) is 15.3 Å². The van der Waals surface area contributed by atoms with Crippen molar-refractivity contribution in [3.8, 4) is 0 Å². The largest absolute Gasteiger partial charge is 0.394 e. The molecular weight excluding hydrogens is 352 g/mol. The molecule has 2 atom stereocenters. The molecular formula is C18H18N4O5. The van der Waals surface area contributed by atoms with Crippen LogP contribution >= 0.6 is 0 Å². The zero-order chi connectivity index (χ0) is 19.4. The van der Waals surface area contributed by atoms with E-state index in [0.29, 0.717) is 11.2 Å². The molecule has 0 saturated heterocycles. The second-order valence-electron chi connectivity index (χ2n) is 5.92. The molecule has 0 aliphatic carbocycles. The third-order valence-electron chi connectivity index (χ3n) is 4.12. The Balaban J connectivity index is 1.82. The minimum Gasteiger partial charge on any atom is -0.394 e. The van der Waals surface area contributed by atoms with E-state index in [-0.39, 0.29) is 11.9 Å². The minimum atomic E-state index is -1.22. The Hall–Kier alpha value is -3.30. The lowest BCUT2D eigenvalue weighted by Crippen LogP contribution is -2.45. The summed E-state index contributed by atoms with van der Waals surface area (Å²) < 4.78 is 1.12. The van der Waals surface area contributed by atoms with Crippen LogP contribution in [0.3, 0.4) is 0 Å². The van der Waals surface area contributed by atoms with Gasteiger partial charge in [-0.2, -0.15) is 0 Å². The molecule has 4 N–H and O–H groups in total. The molecule has 0 aliphatic rings. The molecule has 3 aromatic rings. The van der Waals surface area contributed by atoms with Crippen molar-refractivity contribution < 1.29 is 15.0 Å². The van der Waals surface area contributed by atoms with E-state index in [1.165, 1.54) is 6.20 Å². The fourth-order valence-corrected chi connectivity index (χ4v) is 2.78. The molecule has 1 amide bonds. The highest BCUT2D eigenvalue weighted by Crippen LogP contribution is 2.14. The molecule has 0 radical (unpaired) electrons. The topological polar surface area (TPSA) is 137 Å². The number of nitrogens with one attached hydrogen (secondary N) is 2. The van der Waals surface area contributed by atoms with E-state index >= 15 is 0 Å². The van der Waals surface area contributed by atoms with Crippen LogP contribution in [0.1, 0.15) is 11.8 Å². The number of carbonyl (C=O) groups is 1. The number of aromatic nitrogens is 3. The minimum absolute atomic E-state index is 0.275. The second kappa shape index (κ2) is 7.94. The number of nitrogens with zero attached hydrogens (tertiary/aromatic N) is 2. The van der Waals surface area contributed by atoms with Crippen LogP contribution < -0.4 is 16.6 Å². The first-order valence-electron chi connectivity index (χ1n) is 8.22. The Morgan fingerprint density at radius 1 is 1.19 bits per heavy atom. The summed E-state index contributed by atoms with van der Waals surface area (Å²) in [5.41, 5.74) is -0.651. The number of pyridine rings is 1. The molecule has 2 heterocycles. The van der Waals surface area contributed by atoms with Gasteiger partial charge >= 0.3 is 5.69 Å². The molecule has 9 nitrogen and oxygen atoms in total. The summed E-state index contributed by atoms with van der Waals surface area (Å²) in [5.74, 6) is -0.608. The van der Waals surface area contributed by atoms with Crippen LogP contribution in [0.25, 0.3) is 10.9 Å². The first-order chi connectivity index (χ1) is 13.0. The number of hydrogen-bond donors (Lipinski definition) is 4. The molecule has 2 aromatic heterocycles. The van der Waals surface area contributed by atoms with Gasteiger partial charge in [0.25, 0.3) is 5.56 Å². The monoisotopic (exact) mass is 370 g/mol. The molecule has 2 unspecified atom stereocenters. The average molecular weight is 370 g/mol. The highest BCUT2D eigenvalue weighted by molar-refractivity contribution is 5.81. The van der Waals surface area contributed by atoms with Crippen LogP contribution in [0.5, 0.6) is 0 Å². The fraction of sp³-hybridized carbons (Fsp3) is 0.222. The summed E-state index contributed by atoms with van der Waals surface area (Å²) in [4.78, 5) is 42.5. The molecule has 9 heteroatoms. The van der Waals surface area contributed by atoms with Gasteiger partial charge in [-0.3, -0.25) is 24.1 Å². The molecule has 3 rings (SSSR count). The predicted molar refractivity (Wildman–Crippen MR) is 97.0 cm³/mol. The number of aromatic amines is 1. The maximum atomic E-state index is 12.4. The number of rotatable bonds is 6. The maximum absolute atomic E-state index is 12.4. The lowest BCUT2D eigenvalue weighted by molar-refractivity contribution is -0.123. The van der Waals surface area contributed by atoms with Gasteiger partial charge in [-0.25, -0.2) is 4.79 Å². The van der Waals surface area contributed by atoms with Gasteiger partial charge in [0.2, 0.25) is 5.91 Å². The van der Waals surface area contributed by atoms with Crippen LogP contribution in [-0.2, 0) is 11.3 Å². The Morgan fingerprint density at radius 3 is 2.63 bits per heavy atom. The lowest BCUT2D eigenvalue weighted by Gasteiger charge is -2.22. The van der Waals surface area contributed by atoms with E-state index in [9.17, 15) is 24.6 Å². The van der Waals surface area contributed by atoms with Crippen LogP contribution in [0.2, 0.25) is 0 Å². The molecule has 140 valence electrons. The zero-order valence-corrected chi connectivity index (χ0v) is 14.2. The van der Waals surface area contributed by atoms with Gasteiger partial charge in [0, 0.05) is 6.20 Å². The highest BCUT2D eigenvalue weighted by Gasteiger charge is 2.23. The summed E-state index contributed by atoms with van der Waals surface area (Å²) in [7, 11) is 0. The molecule has 0 aliphatic heterocycles. The normalized spacial score (nSPS) is 13.3. The number of para-hydroxylation sites is 1. The van der Waals surface area contributed by atoms with E-state index < -0.39 is 35.9 Å². The number of benzene rings is 1. The average Bonchev–Trinajstić information content (AvgIpc) is 2.69. The van der Waals surface area contributed by atoms with Gasteiger partial charge in [-0.05, 0) is 24.3 Å². The Kier molecular flexibility index (Phi) is 5.43. The van der Waals surface area contributed by atoms with Crippen molar-refractivity contribution in [1.29, 1.82) is 0 Å². The SMILES string of the molecule is O=C(Cn1c(=O)[nH]c(=O)c2ccccc21)NC(CO)C(O)c1ccccn1. The standard InChI is InChI=1S/C18H18N4O5/c23-10-13(16(25)12-6-3-4-8-19-12)20-15(24)9-22-14-7-2-1-5-11(14)17(26)21-18(22)27/h1-8,13,16,23,25H,9-10H2,(H,20,24)(H,21,26,27). The van der Waals surface area contributed by atoms with Crippen LogP contribution in [0.15, 0.2) is 58.3 Å². The number of hydrogen-bond acceptors (Lipinski definition) is 6. The second-order valence-corrected chi connectivity index (χ2v) is 5.92. The molecule has 0 fully saturated rings. The van der Waals surface area contributed by atoms with Crippen molar-refractivity contribution >= 4 is 16.8 Å². The van der Waals surface area contributed by atoms with Crippen molar-refractivity contribution in [2.75, 3.05) is 6.61 Å². The summed E-state index contributed by atoms with van der Waals surface area (Å²) in [6.45, 7) is -0.910. The van der Waals surface area contributed by atoms with Crippen molar-refractivity contribution in [2.45, 2.75) is 18.7 Å². The van der Waals surface area contributed by atoms with Crippen molar-refractivity contribution in [3.05, 3.63) is 75.2 Å². The number of aliphatic hydroxyl groups excluding tert-OH is 2. The molecule has 1 aromatic carbocycles. The molecule has 0 spiro atoms. The van der Waals surface area contributed by atoms with E-state index in [1.54, 1.807) is 42.5 Å². The van der Waals surface area contributed by atoms with Gasteiger partial charge < -0.3 is 15.5 Å². The predicted octanol–water partition coefficient (Wildman–Crippen LogP) is -0.704. The van der Waals surface area contributed by atoms with Crippen LogP contribution in [0.4, 0.5) is 0 Å².